The van der Waals surface area contributed by atoms with Gasteiger partial charge in [0.05, 0.1) is 39.8 Å². The smallest absolute Gasteiger partial charge is 0.444 e. The third-order valence-corrected chi connectivity index (χ3v) is 11.7. The van der Waals surface area contributed by atoms with Gasteiger partial charge in [-0.05, 0) is 42.7 Å². The molecule has 0 spiro atoms. The first-order valence-corrected chi connectivity index (χ1v) is 22.9. The van der Waals surface area contributed by atoms with Gasteiger partial charge >= 0.3 is 19.9 Å². The number of nitrogens with one attached hydrogen (secondary N) is 3. The molecule has 0 aliphatic heterocycles. The number of aromatic nitrogens is 2. The van der Waals surface area contributed by atoms with Crippen LogP contribution in [0.15, 0.2) is 77.8 Å². The van der Waals surface area contributed by atoms with E-state index in [9.17, 15) is 28.7 Å². The van der Waals surface area contributed by atoms with Gasteiger partial charge in [0.15, 0.2) is 6.29 Å². The van der Waals surface area contributed by atoms with Gasteiger partial charge in [-0.1, -0.05) is 102 Å². The second-order valence-electron chi connectivity index (χ2n) is 15.0. The minimum Gasteiger partial charge on any atom is -0.444 e. The number of carbonyl (C=O) groups excluding carboxylic acids is 3. The number of ether oxygens (including phenoxy) is 2. The van der Waals surface area contributed by atoms with Crippen molar-refractivity contribution in [1.82, 2.24) is 30.8 Å². The third-order valence-electron chi connectivity index (χ3n) is 9.21. The van der Waals surface area contributed by atoms with Crippen molar-refractivity contribution < 1.29 is 42.7 Å². The Morgan fingerprint density at radius 1 is 0.915 bits per heavy atom. The van der Waals surface area contributed by atoms with Gasteiger partial charge in [0.2, 0.25) is 5.91 Å². The quantitative estimate of drug-likeness (QED) is 0.0374. The Labute approximate surface area is 354 Å². The number of benzene rings is 2. The third kappa shape index (κ3) is 16.8. The Balaban J connectivity index is 1.65. The molecule has 322 valence electrons. The first-order chi connectivity index (χ1) is 28.1. The number of thiazole rings is 2. The van der Waals surface area contributed by atoms with E-state index in [2.05, 4.69) is 39.8 Å². The molecule has 0 aliphatic rings. The van der Waals surface area contributed by atoms with E-state index in [1.807, 2.05) is 86.8 Å². The molecular formula is C41H57N6O9PS2. The normalized spacial score (nSPS) is 14.3. The molecule has 0 radical (unpaired) electrons. The summed E-state index contributed by atoms with van der Waals surface area (Å²) >= 11 is 2.88. The predicted octanol–water partition coefficient (Wildman–Crippen LogP) is 7.17. The number of carbonyl (C=O) groups is 3. The van der Waals surface area contributed by atoms with Crippen molar-refractivity contribution in [3.8, 4) is 0 Å². The van der Waals surface area contributed by atoms with E-state index in [1.54, 1.807) is 30.1 Å². The number of alkyl carbamates (subject to hydrolysis) is 1. The van der Waals surface area contributed by atoms with Crippen LogP contribution in [0.4, 0.5) is 9.59 Å². The molecule has 2 heterocycles. The summed E-state index contributed by atoms with van der Waals surface area (Å²) in [6.07, 6.45) is -0.306. The number of urea groups is 1. The van der Waals surface area contributed by atoms with Crippen molar-refractivity contribution in [3.63, 3.8) is 0 Å². The fraction of sp³-hybridized carbons (Fsp3) is 0.488. The topological polar surface area (TPSA) is 202 Å². The van der Waals surface area contributed by atoms with E-state index in [0.717, 1.165) is 26.7 Å². The molecule has 59 heavy (non-hydrogen) atoms. The van der Waals surface area contributed by atoms with Crippen LogP contribution in [0.5, 0.6) is 0 Å². The summed E-state index contributed by atoms with van der Waals surface area (Å²) in [4.78, 5) is 71.8. The van der Waals surface area contributed by atoms with Gasteiger partial charge in [-0.25, -0.2) is 19.1 Å². The number of phosphoric ester groups is 1. The summed E-state index contributed by atoms with van der Waals surface area (Å²) < 4.78 is 29.3. The summed E-state index contributed by atoms with van der Waals surface area (Å²) in [5, 5.41) is 11.9. The fourth-order valence-corrected chi connectivity index (χ4v) is 8.04. The Bertz CT molecular complexity index is 1910. The van der Waals surface area contributed by atoms with Crippen molar-refractivity contribution in [1.29, 1.82) is 0 Å². The minimum atomic E-state index is -5.01. The molecule has 5 atom stereocenters. The number of rotatable bonds is 23. The van der Waals surface area contributed by atoms with E-state index in [-0.39, 0.29) is 44.2 Å². The van der Waals surface area contributed by atoms with Crippen LogP contribution in [-0.2, 0) is 49.4 Å². The Morgan fingerprint density at radius 3 is 2.14 bits per heavy atom. The zero-order valence-electron chi connectivity index (χ0n) is 34.4. The highest BCUT2D eigenvalue weighted by Gasteiger charge is 2.35. The van der Waals surface area contributed by atoms with Crippen molar-refractivity contribution in [2.24, 2.45) is 5.92 Å². The molecule has 0 saturated heterocycles. The standard InChI is InChI=1S/C41H57N6O9PS2/c1-7-14-36(56-57(51,52)53)55-35(34(20-30-17-12-9-13-18-30)45-41(50)54-24-33-22-42-26-59-33)21-31(19-29-15-10-8-11-16-29)43-38(48)37(27(2)3)46-40(49)47(6)23-32-25-58-39(44-32)28(4)5/h8-13,15-18,22,25-28,31,34-37H,7,14,19-21,23-24H2,1-6H3,(H,43,48)(H,45,50)(H,46,49)(H2,51,52,53)/t31-,34-,35-,36?,37-/m0/s1. The molecule has 2 aromatic carbocycles. The summed E-state index contributed by atoms with van der Waals surface area (Å²) in [5.74, 6) is -0.487. The lowest BCUT2D eigenvalue weighted by molar-refractivity contribution is -0.144. The van der Waals surface area contributed by atoms with Crippen LogP contribution in [0, 0.1) is 5.92 Å². The van der Waals surface area contributed by atoms with Crippen LogP contribution in [-0.4, -0.2) is 80.3 Å². The Hall–Kier alpha value is -4.22. The Morgan fingerprint density at radius 2 is 1.58 bits per heavy atom. The molecule has 1 unspecified atom stereocenters. The number of phosphoric acid groups is 1. The Kier molecular flexibility index (Phi) is 18.9. The largest absolute Gasteiger partial charge is 0.471 e. The number of hydrogen-bond acceptors (Lipinski definition) is 11. The van der Waals surface area contributed by atoms with E-state index in [4.69, 9.17) is 14.0 Å². The fourth-order valence-electron chi connectivity index (χ4n) is 6.25. The molecule has 0 aliphatic carbocycles. The highest BCUT2D eigenvalue weighted by Crippen LogP contribution is 2.39. The average molecular weight is 873 g/mol. The van der Waals surface area contributed by atoms with E-state index < -0.39 is 56.4 Å². The van der Waals surface area contributed by atoms with E-state index in [0.29, 0.717) is 12.8 Å². The molecule has 0 saturated carbocycles. The molecular weight excluding hydrogens is 816 g/mol. The average Bonchev–Trinajstić information content (AvgIpc) is 3.89. The molecule has 18 heteroatoms. The van der Waals surface area contributed by atoms with Crippen molar-refractivity contribution in [2.75, 3.05) is 7.05 Å². The SMILES string of the molecule is CCCC(O[C@@H](C[C@H](Cc1ccccc1)NC(=O)[C@@H](NC(=O)N(C)Cc1csc(C(C)C)n1)C(C)C)[C@H](Cc1ccccc1)NC(=O)OCc1cncs1)OP(=O)(O)O. The van der Waals surface area contributed by atoms with Crippen LogP contribution >= 0.6 is 30.5 Å². The van der Waals surface area contributed by atoms with Crippen LogP contribution in [0.25, 0.3) is 0 Å². The van der Waals surface area contributed by atoms with Gasteiger partial charge in [-0.2, -0.15) is 0 Å². The van der Waals surface area contributed by atoms with Gasteiger partial charge < -0.3 is 40.1 Å². The highest BCUT2D eigenvalue weighted by atomic mass is 32.1. The van der Waals surface area contributed by atoms with Crippen LogP contribution < -0.4 is 16.0 Å². The number of nitrogens with zero attached hydrogens (tertiary/aromatic N) is 3. The molecule has 4 amide bonds. The minimum absolute atomic E-state index is 0.0210. The van der Waals surface area contributed by atoms with Crippen LogP contribution in [0.1, 0.15) is 86.5 Å². The second kappa shape index (κ2) is 23.5. The van der Waals surface area contributed by atoms with Gasteiger partial charge in [-0.15, -0.1) is 22.7 Å². The maximum Gasteiger partial charge on any atom is 0.471 e. The van der Waals surface area contributed by atoms with Gasteiger partial charge in [-0.3, -0.25) is 14.3 Å². The van der Waals surface area contributed by atoms with E-state index in [1.165, 1.54) is 16.2 Å². The van der Waals surface area contributed by atoms with Crippen molar-refractivity contribution >= 4 is 48.5 Å². The summed E-state index contributed by atoms with van der Waals surface area (Å²) in [7, 11) is -3.37. The lowest BCUT2D eigenvalue weighted by Gasteiger charge is -2.35. The maximum atomic E-state index is 14.3. The summed E-state index contributed by atoms with van der Waals surface area (Å²) in [6.45, 7) is 9.85. The lowest BCUT2D eigenvalue weighted by Crippen LogP contribution is -2.56. The molecule has 2 aromatic heterocycles. The lowest BCUT2D eigenvalue weighted by atomic mass is 9.92. The van der Waals surface area contributed by atoms with E-state index >= 15 is 0 Å². The maximum absolute atomic E-state index is 14.3. The van der Waals surface area contributed by atoms with Gasteiger partial charge in [0, 0.05) is 30.6 Å². The molecule has 0 fully saturated rings. The summed E-state index contributed by atoms with van der Waals surface area (Å²) in [6, 6.07) is 16.0. The van der Waals surface area contributed by atoms with Crippen molar-refractivity contribution in [2.45, 2.75) is 116 Å². The highest BCUT2D eigenvalue weighted by molar-refractivity contribution is 7.46. The molecule has 4 rings (SSSR count). The molecule has 5 N–H and O–H groups in total. The zero-order valence-corrected chi connectivity index (χ0v) is 36.9. The zero-order chi connectivity index (χ0) is 43.0. The molecule has 15 nitrogen and oxygen atoms in total. The van der Waals surface area contributed by atoms with Gasteiger partial charge in [0.25, 0.3) is 0 Å². The predicted molar refractivity (Wildman–Crippen MR) is 228 cm³/mol. The van der Waals surface area contributed by atoms with Crippen LogP contribution in [0.2, 0.25) is 0 Å². The molecule has 4 aromatic rings. The monoisotopic (exact) mass is 872 g/mol. The first kappa shape index (κ1) is 47.5. The first-order valence-electron chi connectivity index (χ1n) is 19.6. The summed E-state index contributed by atoms with van der Waals surface area (Å²) in [5.41, 5.74) is 4.11. The second-order valence-corrected chi connectivity index (χ2v) is 18.0. The van der Waals surface area contributed by atoms with Gasteiger partial charge in [0.1, 0.15) is 12.6 Å². The molecule has 0 bridgehead atoms. The van der Waals surface area contributed by atoms with Crippen LogP contribution in [0.3, 0.4) is 0 Å². The van der Waals surface area contributed by atoms with Crippen molar-refractivity contribution in [3.05, 3.63) is 104 Å². The number of hydrogen-bond donors (Lipinski definition) is 5. The number of amides is 4.